The topological polar surface area (TPSA) is 71.2 Å². The highest BCUT2D eigenvalue weighted by atomic mass is 32.1. The van der Waals surface area contributed by atoms with E-state index < -0.39 is 0 Å². The van der Waals surface area contributed by atoms with Crippen LogP contribution in [0.4, 0.5) is 5.69 Å². The molecule has 0 radical (unpaired) electrons. The number of rotatable bonds is 6. The zero-order chi connectivity index (χ0) is 15.4. The number of nitrogens with two attached hydrogens (primary N) is 1. The average Bonchev–Trinajstić information content (AvgIpc) is 2.82. The molecule has 0 fully saturated rings. The van der Waals surface area contributed by atoms with Gasteiger partial charge in [0.25, 0.3) is 5.91 Å². The molecule has 2 heterocycles. The molecule has 1 amide bonds. The van der Waals surface area contributed by atoms with Gasteiger partial charge < -0.3 is 16.0 Å². The summed E-state index contributed by atoms with van der Waals surface area (Å²) in [7, 11) is 0. The Kier molecular flexibility index (Phi) is 5.14. The molecule has 6 heteroatoms. The smallest absolute Gasteiger partial charge is 0.263 e. The van der Waals surface area contributed by atoms with Gasteiger partial charge in [-0.15, -0.1) is 11.3 Å². The van der Waals surface area contributed by atoms with Crippen LogP contribution in [-0.4, -0.2) is 41.5 Å². The summed E-state index contributed by atoms with van der Waals surface area (Å²) in [6.07, 6.45) is 1.71. The lowest BCUT2D eigenvalue weighted by atomic mass is 10.2. The second-order valence-corrected chi connectivity index (χ2v) is 6.06. The maximum Gasteiger partial charge on any atom is 0.263 e. The SMILES string of the molecule is CCN(CC)CC(C)NC(=O)c1sc2ncccc2c1N. The van der Waals surface area contributed by atoms with Crippen LogP contribution in [0.3, 0.4) is 0 Å². The minimum absolute atomic E-state index is 0.0787. The fraction of sp³-hybridized carbons (Fsp3) is 0.467. The van der Waals surface area contributed by atoms with E-state index in [0.717, 1.165) is 29.9 Å². The molecule has 0 saturated carbocycles. The number of amides is 1. The molecule has 1 unspecified atom stereocenters. The van der Waals surface area contributed by atoms with E-state index in [2.05, 4.69) is 29.0 Å². The molecule has 1 atom stereocenters. The van der Waals surface area contributed by atoms with Crippen molar-refractivity contribution >= 4 is 33.1 Å². The number of fused-ring (bicyclic) bond motifs is 1. The van der Waals surface area contributed by atoms with Crippen LogP contribution in [0.15, 0.2) is 18.3 Å². The van der Waals surface area contributed by atoms with Crippen molar-refractivity contribution in [3.05, 3.63) is 23.2 Å². The monoisotopic (exact) mass is 306 g/mol. The lowest BCUT2D eigenvalue weighted by molar-refractivity contribution is 0.0935. The predicted molar refractivity (Wildman–Crippen MR) is 88.7 cm³/mol. The second kappa shape index (κ2) is 6.87. The van der Waals surface area contributed by atoms with Gasteiger partial charge in [-0.3, -0.25) is 4.79 Å². The molecular weight excluding hydrogens is 284 g/mol. The normalized spacial score (nSPS) is 12.8. The molecule has 0 saturated heterocycles. The van der Waals surface area contributed by atoms with Gasteiger partial charge in [-0.05, 0) is 32.1 Å². The first-order chi connectivity index (χ1) is 10.1. The van der Waals surface area contributed by atoms with E-state index in [9.17, 15) is 4.79 Å². The highest BCUT2D eigenvalue weighted by molar-refractivity contribution is 7.21. The molecular formula is C15H22N4OS. The van der Waals surface area contributed by atoms with E-state index in [1.165, 1.54) is 11.3 Å². The van der Waals surface area contributed by atoms with Crippen molar-refractivity contribution in [2.45, 2.75) is 26.8 Å². The Morgan fingerprint density at radius 2 is 2.19 bits per heavy atom. The number of carbonyl (C=O) groups is 1. The number of nitrogen functional groups attached to an aromatic ring is 1. The Morgan fingerprint density at radius 3 is 2.81 bits per heavy atom. The summed E-state index contributed by atoms with van der Waals surface area (Å²) >= 11 is 1.34. The Balaban J connectivity index is 2.10. The highest BCUT2D eigenvalue weighted by Gasteiger charge is 2.19. The van der Waals surface area contributed by atoms with Crippen LogP contribution in [-0.2, 0) is 0 Å². The predicted octanol–water partition coefficient (Wildman–Crippen LogP) is 2.34. The summed E-state index contributed by atoms with van der Waals surface area (Å²) in [5, 5.41) is 3.87. The first-order valence-electron chi connectivity index (χ1n) is 7.23. The van der Waals surface area contributed by atoms with Crippen molar-refractivity contribution in [3.63, 3.8) is 0 Å². The van der Waals surface area contributed by atoms with E-state index in [1.54, 1.807) is 6.20 Å². The van der Waals surface area contributed by atoms with Crippen molar-refractivity contribution in [2.24, 2.45) is 0 Å². The Hall–Kier alpha value is -1.66. The van der Waals surface area contributed by atoms with Gasteiger partial charge in [-0.2, -0.15) is 0 Å². The van der Waals surface area contributed by atoms with E-state index in [-0.39, 0.29) is 11.9 Å². The van der Waals surface area contributed by atoms with Gasteiger partial charge in [0.1, 0.15) is 9.71 Å². The van der Waals surface area contributed by atoms with E-state index in [4.69, 9.17) is 5.73 Å². The summed E-state index contributed by atoms with van der Waals surface area (Å²) < 4.78 is 0. The lowest BCUT2D eigenvalue weighted by Gasteiger charge is -2.23. The molecule has 2 aromatic heterocycles. The number of hydrogen-bond donors (Lipinski definition) is 2. The van der Waals surface area contributed by atoms with Gasteiger partial charge in [-0.25, -0.2) is 4.98 Å². The Morgan fingerprint density at radius 1 is 1.48 bits per heavy atom. The van der Waals surface area contributed by atoms with Crippen LogP contribution in [0.2, 0.25) is 0 Å². The van der Waals surface area contributed by atoms with Gasteiger partial charge >= 0.3 is 0 Å². The minimum Gasteiger partial charge on any atom is -0.397 e. The standard InChI is InChI=1S/C15H22N4OS/c1-4-19(5-2)9-10(3)18-14(20)13-12(16)11-7-6-8-17-15(11)21-13/h6-8,10H,4-5,9,16H2,1-3H3,(H,18,20). The van der Waals surface area contributed by atoms with Gasteiger partial charge in [0.15, 0.2) is 0 Å². The maximum absolute atomic E-state index is 12.4. The van der Waals surface area contributed by atoms with Crippen molar-refractivity contribution in [3.8, 4) is 0 Å². The van der Waals surface area contributed by atoms with Crippen molar-refractivity contribution < 1.29 is 4.79 Å². The first kappa shape index (κ1) is 15.7. The van der Waals surface area contributed by atoms with Gasteiger partial charge in [0, 0.05) is 24.2 Å². The summed E-state index contributed by atoms with van der Waals surface area (Å²) in [5.74, 6) is -0.116. The number of thiophene rings is 1. The third-order valence-electron chi connectivity index (χ3n) is 3.51. The summed E-state index contributed by atoms with van der Waals surface area (Å²) in [4.78, 5) is 20.3. The third-order valence-corrected chi connectivity index (χ3v) is 4.64. The zero-order valence-corrected chi connectivity index (χ0v) is 13.5. The van der Waals surface area contributed by atoms with Crippen LogP contribution in [0, 0.1) is 0 Å². The second-order valence-electron chi connectivity index (χ2n) is 5.06. The summed E-state index contributed by atoms with van der Waals surface area (Å²) in [5.41, 5.74) is 6.59. The van der Waals surface area contributed by atoms with Crippen LogP contribution < -0.4 is 11.1 Å². The van der Waals surface area contributed by atoms with E-state index >= 15 is 0 Å². The number of likely N-dealkylation sites (N-methyl/N-ethyl adjacent to an activating group) is 1. The van der Waals surface area contributed by atoms with Crippen LogP contribution in [0.1, 0.15) is 30.4 Å². The molecule has 0 bridgehead atoms. The van der Waals surface area contributed by atoms with Crippen LogP contribution in [0.5, 0.6) is 0 Å². The fourth-order valence-corrected chi connectivity index (χ4v) is 3.29. The van der Waals surface area contributed by atoms with Crippen molar-refractivity contribution in [1.82, 2.24) is 15.2 Å². The molecule has 0 aliphatic rings. The lowest BCUT2D eigenvalue weighted by Crippen LogP contribution is -2.41. The van der Waals surface area contributed by atoms with E-state index in [1.807, 2.05) is 19.1 Å². The average molecular weight is 306 g/mol. The number of pyridine rings is 1. The highest BCUT2D eigenvalue weighted by Crippen LogP contribution is 2.31. The largest absolute Gasteiger partial charge is 0.397 e. The molecule has 2 rings (SSSR count). The minimum atomic E-state index is -0.116. The number of anilines is 1. The fourth-order valence-electron chi connectivity index (χ4n) is 2.32. The van der Waals surface area contributed by atoms with Gasteiger partial charge in [0.2, 0.25) is 0 Å². The van der Waals surface area contributed by atoms with E-state index in [0.29, 0.717) is 10.6 Å². The Bertz CT molecular complexity index is 621. The molecule has 0 aromatic carbocycles. The first-order valence-corrected chi connectivity index (χ1v) is 8.04. The molecule has 21 heavy (non-hydrogen) atoms. The molecule has 2 aromatic rings. The van der Waals surface area contributed by atoms with Crippen LogP contribution in [0.25, 0.3) is 10.2 Å². The number of hydrogen-bond acceptors (Lipinski definition) is 5. The summed E-state index contributed by atoms with van der Waals surface area (Å²) in [6, 6.07) is 3.80. The third kappa shape index (κ3) is 3.51. The zero-order valence-electron chi connectivity index (χ0n) is 12.7. The van der Waals surface area contributed by atoms with Crippen molar-refractivity contribution in [1.29, 1.82) is 0 Å². The molecule has 0 spiro atoms. The number of carbonyl (C=O) groups excluding carboxylic acids is 1. The quantitative estimate of drug-likeness (QED) is 0.859. The van der Waals surface area contributed by atoms with Crippen LogP contribution >= 0.6 is 11.3 Å². The molecule has 0 aliphatic carbocycles. The maximum atomic E-state index is 12.4. The molecule has 5 nitrogen and oxygen atoms in total. The van der Waals surface area contributed by atoms with Gasteiger partial charge in [0.05, 0.1) is 5.69 Å². The van der Waals surface area contributed by atoms with Crippen molar-refractivity contribution in [2.75, 3.05) is 25.4 Å². The number of nitrogens with one attached hydrogen (secondary N) is 1. The number of aromatic nitrogens is 1. The molecule has 3 N–H and O–H groups in total. The number of nitrogens with zero attached hydrogens (tertiary/aromatic N) is 2. The molecule has 114 valence electrons. The molecule has 0 aliphatic heterocycles. The Labute approximate surface area is 129 Å². The van der Waals surface area contributed by atoms with Gasteiger partial charge in [-0.1, -0.05) is 13.8 Å². The summed E-state index contributed by atoms with van der Waals surface area (Å²) in [6.45, 7) is 9.04.